The van der Waals surface area contributed by atoms with E-state index in [0.717, 1.165) is 0 Å². The summed E-state index contributed by atoms with van der Waals surface area (Å²) in [5, 5.41) is 0. The second-order valence-electron chi connectivity index (χ2n) is 3.16. The van der Waals surface area contributed by atoms with Crippen molar-refractivity contribution >= 4 is 7.94 Å². The molecule has 0 aromatic heterocycles. The maximum atomic E-state index is 13.6. The van der Waals surface area contributed by atoms with Crippen molar-refractivity contribution in [2.45, 2.75) is 32.3 Å². The summed E-state index contributed by atoms with van der Waals surface area (Å²) in [7, 11) is -3.62. The van der Waals surface area contributed by atoms with Gasteiger partial charge >= 0.3 is 83.1 Å². The quantitative estimate of drug-likeness (QED) is 0.531. The van der Waals surface area contributed by atoms with Gasteiger partial charge in [-0.2, -0.15) is 0 Å². The molecule has 1 aliphatic rings. The van der Waals surface area contributed by atoms with Gasteiger partial charge in [-0.25, -0.2) is 0 Å². The number of hydrogen-bond acceptors (Lipinski definition) is 4. The Balaban J connectivity index is 2.44. The third-order valence-electron chi connectivity index (χ3n) is 1.97. The van der Waals surface area contributed by atoms with Gasteiger partial charge in [0.15, 0.2) is 0 Å². The molecule has 0 aliphatic carbocycles. The van der Waals surface area contributed by atoms with Crippen molar-refractivity contribution in [3.05, 3.63) is 0 Å². The molecule has 4 nitrogen and oxygen atoms in total. The average molecular weight is 228 g/mol. The molecule has 0 bridgehead atoms. The van der Waals surface area contributed by atoms with Gasteiger partial charge in [0.05, 0.1) is 0 Å². The maximum absolute atomic E-state index is 13.6. The molecule has 0 aromatic carbocycles. The Bertz CT molecular complexity index is 171. The molecule has 0 amide bonds. The Kier molecular flexibility index (Phi) is 4.67. The van der Waals surface area contributed by atoms with Gasteiger partial charge in [-0.3, -0.25) is 0 Å². The molecular weight excluding hydrogens is 210 g/mol. The number of hydrogen-bond donors (Lipinski definition) is 1. The predicted octanol–water partition coefficient (Wildman–Crippen LogP) is 1.63. The van der Waals surface area contributed by atoms with Crippen molar-refractivity contribution in [2.75, 3.05) is 19.8 Å². The normalized spacial score (nSPS) is 24.7. The number of epoxide rings is 1. The van der Waals surface area contributed by atoms with E-state index in [-0.39, 0.29) is 25.7 Å². The number of rotatable bonds is 7. The molecule has 0 saturated carbocycles. The van der Waals surface area contributed by atoms with E-state index >= 15 is 0 Å². The van der Waals surface area contributed by atoms with Gasteiger partial charge in [0.2, 0.25) is 0 Å². The van der Waals surface area contributed by atoms with Crippen LogP contribution < -0.4 is 0 Å². The third-order valence-corrected chi connectivity index (χ3v) is 4.40. The van der Waals surface area contributed by atoms with E-state index < -0.39 is 13.9 Å². The molecule has 1 heterocycles. The van der Waals surface area contributed by atoms with E-state index in [1.165, 1.54) is 0 Å². The zero-order valence-electron chi connectivity index (χ0n) is 8.53. The summed E-state index contributed by atoms with van der Waals surface area (Å²) in [6, 6.07) is 0. The van der Waals surface area contributed by atoms with Crippen LogP contribution in [0, 0.1) is 0 Å². The van der Waals surface area contributed by atoms with Crippen LogP contribution in [0.1, 0.15) is 20.3 Å². The van der Waals surface area contributed by atoms with Crippen molar-refractivity contribution < 1.29 is 23.1 Å². The minimum atomic E-state index is -3.62. The summed E-state index contributed by atoms with van der Waals surface area (Å²) < 4.78 is 28.5. The van der Waals surface area contributed by atoms with Crippen LogP contribution in [0.4, 0.5) is 4.39 Å². The summed E-state index contributed by atoms with van der Waals surface area (Å²) in [6.07, 6.45) is 0.104. The first-order valence-corrected chi connectivity index (χ1v) is 6.72. The Morgan fingerprint density at radius 1 is 1.50 bits per heavy atom. The summed E-state index contributed by atoms with van der Waals surface area (Å²) in [5.74, 6) is -1.44. The van der Waals surface area contributed by atoms with Crippen molar-refractivity contribution in [3.63, 3.8) is 0 Å². The van der Waals surface area contributed by atoms with Gasteiger partial charge in [-0.1, -0.05) is 0 Å². The molecule has 1 fully saturated rings. The zero-order chi connectivity index (χ0) is 10.6. The second kappa shape index (κ2) is 5.33. The Labute approximate surface area is 83.9 Å². The fraction of sp³-hybridized carbons (Fsp3) is 1.00. The van der Waals surface area contributed by atoms with Gasteiger partial charge in [-0.15, -0.1) is 0 Å². The van der Waals surface area contributed by atoms with E-state index in [1.54, 1.807) is 13.8 Å². The Hall–Kier alpha value is 0.200. The molecule has 0 aromatic rings. The molecule has 0 radical (unpaired) electrons. The first kappa shape index (κ1) is 12.3. The third kappa shape index (κ3) is 3.41. The summed E-state index contributed by atoms with van der Waals surface area (Å²) in [6.45, 7) is 4.50. The molecule has 86 valence electrons. The van der Waals surface area contributed by atoms with Gasteiger partial charge in [0, 0.05) is 0 Å². The predicted molar refractivity (Wildman–Crippen MR) is 53.0 cm³/mol. The van der Waals surface area contributed by atoms with E-state index in [9.17, 15) is 9.28 Å². The molecular formula is C8H18FO4P. The molecule has 14 heavy (non-hydrogen) atoms. The van der Waals surface area contributed by atoms with Gasteiger partial charge in [0.25, 0.3) is 0 Å². The van der Waals surface area contributed by atoms with Gasteiger partial charge in [0.1, 0.15) is 0 Å². The first-order chi connectivity index (χ1) is 6.62. The van der Waals surface area contributed by atoms with E-state index in [1.807, 2.05) is 0 Å². The fourth-order valence-corrected chi connectivity index (χ4v) is 3.05. The van der Waals surface area contributed by atoms with Gasteiger partial charge in [-0.05, 0) is 0 Å². The van der Waals surface area contributed by atoms with E-state index in [4.69, 9.17) is 13.8 Å². The van der Waals surface area contributed by atoms with Crippen LogP contribution in [-0.4, -0.2) is 36.7 Å². The molecule has 1 saturated heterocycles. The van der Waals surface area contributed by atoms with Crippen LogP contribution >= 0.6 is 7.94 Å². The standard InChI is InChI=1S/C8H18FO4P/c1-3-12-14(10,13-4-2)8(9)5-7-6-11-7/h7-8,10,14H,3-6H2,1-2H3. The van der Waals surface area contributed by atoms with E-state index in [2.05, 4.69) is 0 Å². The number of alkyl halides is 1. The number of ether oxygens (including phenoxy) is 1. The van der Waals surface area contributed by atoms with Crippen molar-refractivity contribution in [3.8, 4) is 0 Å². The molecule has 2 unspecified atom stereocenters. The molecule has 1 N–H and O–H groups in total. The SMILES string of the molecule is CCO[PH](O)(OCC)C(F)CC1CO1. The minimum absolute atomic E-state index is 0.0649. The second-order valence-corrected chi connectivity index (χ2v) is 5.62. The van der Waals surface area contributed by atoms with Crippen LogP contribution in [0.2, 0.25) is 0 Å². The Morgan fingerprint density at radius 2 is 2.00 bits per heavy atom. The van der Waals surface area contributed by atoms with Crippen LogP contribution in [0.5, 0.6) is 0 Å². The zero-order valence-corrected chi connectivity index (χ0v) is 9.53. The monoisotopic (exact) mass is 228 g/mol. The summed E-state index contributed by atoms with van der Waals surface area (Å²) >= 11 is 0. The van der Waals surface area contributed by atoms with E-state index in [0.29, 0.717) is 6.61 Å². The average Bonchev–Trinajstić information content (AvgIpc) is 2.89. The molecule has 1 rings (SSSR count). The van der Waals surface area contributed by atoms with Gasteiger partial charge < -0.3 is 0 Å². The topological polar surface area (TPSA) is 51.2 Å². The van der Waals surface area contributed by atoms with Crippen LogP contribution in [-0.2, 0) is 13.8 Å². The van der Waals surface area contributed by atoms with Crippen molar-refractivity contribution in [2.24, 2.45) is 0 Å². The van der Waals surface area contributed by atoms with Crippen molar-refractivity contribution in [1.29, 1.82) is 0 Å². The van der Waals surface area contributed by atoms with Crippen molar-refractivity contribution in [1.82, 2.24) is 0 Å². The molecule has 1 aliphatic heterocycles. The molecule has 6 heteroatoms. The first-order valence-electron chi connectivity index (χ1n) is 4.88. The Morgan fingerprint density at radius 3 is 2.36 bits per heavy atom. The summed E-state index contributed by atoms with van der Waals surface area (Å²) in [5.41, 5.74) is 0. The number of halogens is 1. The van der Waals surface area contributed by atoms with Crippen LogP contribution in [0.15, 0.2) is 0 Å². The summed E-state index contributed by atoms with van der Waals surface area (Å²) in [4.78, 5) is 9.82. The van der Waals surface area contributed by atoms with Crippen LogP contribution in [0.3, 0.4) is 0 Å². The van der Waals surface area contributed by atoms with Crippen LogP contribution in [0.25, 0.3) is 0 Å². The molecule has 0 spiro atoms. The fourth-order valence-electron chi connectivity index (χ4n) is 1.22. The molecule has 2 atom stereocenters.